The van der Waals surface area contributed by atoms with Gasteiger partial charge in [0.2, 0.25) is 40.1 Å². The Hall–Kier alpha value is -5.92. The molecule has 125 heavy (non-hydrogen) atoms. The second kappa shape index (κ2) is 37.0. The van der Waals surface area contributed by atoms with Gasteiger partial charge in [-0.2, -0.15) is 17.2 Å². The van der Waals surface area contributed by atoms with Crippen LogP contribution in [0.4, 0.5) is 4.79 Å². The SMILES string of the molecule is C=S(=O)(c1ccc(C(C)(C)C)cc1)N1C[C@@H]2C[C@H]1CN2.C=S(=O)(c1ccc(C(C)(C)C)cc1)N1C[C@@H]2C[C@H]1CN2C(=O)OC(C)(C)C.CCC(C)(C)c1ccc(S(=O)(=O)N2C[C@@H]3C[C@H]2CN3C)cc1.CCc1ccc(S(=O)(=O)N2C[C@@H]3C[C@H]2CN3C)cc1.CN1C[C@@H]2C[C@H]1CN2S(=O)(=O)c1ccc(Cl)cc1.COc1ccc(S(=O)(=O)N2C[C@@H]3C[C@H]2CN3C)cc1. The van der Waals surface area contributed by atoms with Crippen LogP contribution in [0.5, 0.6) is 5.75 Å². The number of carbonyl (C=O) groups is 1. The van der Waals surface area contributed by atoms with Gasteiger partial charge >= 0.3 is 6.09 Å². The monoisotopic (exact) mass is 1850 g/mol. The minimum atomic E-state index is -3.37. The molecular weight excluding hydrogens is 1720 g/mol. The number of likely N-dealkylation sites (tertiary alicyclic amines) is 5. The van der Waals surface area contributed by atoms with E-state index in [0.717, 1.165) is 100 Å². The third-order valence-electron chi connectivity index (χ3n) is 27.8. The van der Waals surface area contributed by atoms with Crippen LogP contribution in [0, 0.1) is 0 Å². The molecule has 12 bridgehead atoms. The maximum atomic E-state index is 13.5. The van der Waals surface area contributed by atoms with Crippen molar-refractivity contribution in [3.63, 3.8) is 0 Å². The molecule has 6 aromatic carbocycles. The Kier molecular flexibility index (Phi) is 28.6. The number of hydrogen-bond acceptors (Lipinski definition) is 18. The summed E-state index contributed by atoms with van der Waals surface area (Å²) in [5, 5.41) is 4.00. The lowest BCUT2D eigenvalue weighted by molar-refractivity contribution is 0.0174. The third kappa shape index (κ3) is 20.7. The number of methoxy groups -OCH3 is 1. The molecule has 12 heterocycles. The first-order chi connectivity index (χ1) is 58.3. The van der Waals surface area contributed by atoms with E-state index in [2.05, 4.69) is 151 Å². The van der Waals surface area contributed by atoms with Gasteiger partial charge < -0.3 is 39.3 Å². The first-order valence-electron chi connectivity index (χ1n) is 44.0. The minimum absolute atomic E-state index is 0.0428. The fraction of sp³-hybridized carbons (Fsp3) is 0.581. The topological polar surface area (TPSA) is 254 Å². The minimum Gasteiger partial charge on any atom is -0.497 e. The number of amides is 1. The van der Waals surface area contributed by atoms with Crippen molar-refractivity contribution in [3.8, 4) is 5.75 Å². The Labute approximate surface area is 752 Å². The molecule has 0 aromatic heterocycles. The zero-order valence-corrected chi connectivity index (χ0v) is 82.0. The van der Waals surface area contributed by atoms with Crippen molar-refractivity contribution in [2.45, 2.75) is 265 Å². The van der Waals surface area contributed by atoms with E-state index in [1.54, 1.807) is 102 Å². The van der Waals surface area contributed by atoms with Crippen LogP contribution in [0.25, 0.3) is 0 Å². The molecule has 0 aliphatic carbocycles. The number of fused-ring (bicyclic) bond motifs is 12. The molecular formula is C93H135ClN12O13S6. The number of nitrogens with one attached hydrogen (secondary N) is 1. The van der Waals surface area contributed by atoms with Gasteiger partial charge in [0.1, 0.15) is 11.4 Å². The highest BCUT2D eigenvalue weighted by Crippen LogP contribution is 2.42. The van der Waals surface area contributed by atoms with Gasteiger partial charge in [0.25, 0.3) is 0 Å². The Morgan fingerprint density at radius 3 is 0.976 bits per heavy atom. The van der Waals surface area contributed by atoms with Crippen molar-refractivity contribution in [2.75, 3.05) is 114 Å². The van der Waals surface area contributed by atoms with Gasteiger partial charge in [0.05, 0.1) is 52.1 Å². The van der Waals surface area contributed by atoms with Gasteiger partial charge in [-0.15, -0.1) is 0 Å². The number of ether oxygens (including phenoxy) is 2. The number of benzene rings is 6. The van der Waals surface area contributed by atoms with Crippen molar-refractivity contribution in [1.82, 2.24) is 55.6 Å². The quantitative estimate of drug-likeness (QED) is 0.0884. The molecule has 18 rings (SSSR count). The molecule has 1 N–H and O–H groups in total. The van der Waals surface area contributed by atoms with Crippen molar-refractivity contribution < 1.29 is 56.4 Å². The number of aryl methyl sites for hydroxylation is 1. The molecule has 12 aliphatic heterocycles. The van der Waals surface area contributed by atoms with Gasteiger partial charge in [-0.25, -0.2) is 55.5 Å². The van der Waals surface area contributed by atoms with E-state index in [1.807, 2.05) is 85.7 Å². The first kappa shape index (κ1) is 96.6. The Balaban J connectivity index is 0.000000129. The molecule has 25 nitrogen and oxygen atoms in total. The number of likely N-dealkylation sites (N-methyl/N-ethyl adjacent to an activating group) is 4. The van der Waals surface area contributed by atoms with Gasteiger partial charge in [-0.1, -0.05) is 129 Å². The van der Waals surface area contributed by atoms with E-state index in [9.17, 15) is 46.9 Å². The van der Waals surface area contributed by atoms with E-state index in [0.29, 0.717) is 106 Å². The zero-order chi connectivity index (χ0) is 91.0. The predicted octanol–water partition coefficient (Wildman–Crippen LogP) is 11.7. The smallest absolute Gasteiger partial charge is 0.410 e. The number of hydrogen-bond donors (Lipinski definition) is 1. The maximum Gasteiger partial charge on any atom is 0.410 e. The van der Waals surface area contributed by atoms with Crippen LogP contribution in [0.2, 0.25) is 5.02 Å². The van der Waals surface area contributed by atoms with Gasteiger partial charge in [0.15, 0.2) is 0 Å². The second-order valence-corrected chi connectivity index (χ2v) is 52.3. The van der Waals surface area contributed by atoms with E-state index in [4.69, 9.17) is 21.1 Å². The molecule has 12 fully saturated rings. The Morgan fingerprint density at radius 2 is 0.696 bits per heavy atom. The number of piperazine rings is 6. The fourth-order valence-corrected chi connectivity index (χ4v) is 30.2. The molecule has 32 heteroatoms. The lowest BCUT2D eigenvalue weighted by atomic mass is 9.82. The predicted molar refractivity (Wildman–Crippen MR) is 501 cm³/mol. The molecule has 0 radical (unpaired) electrons. The number of rotatable bonds is 16. The number of carbonyl (C=O) groups excluding carboxylic acids is 1. The third-order valence-corrected chi connectivity index (χ3v) is 40.2. The summed E-state index contributed by atoms with van der Waals surface area (Å²) in [6.07, 6.45) is 7.45. The normalized spacial score (nSPS) is 27.6. The molecule has 12 aliphatic rings. The van der Waals surface area contributed by atoms with Crippen LogP contribution in [0.15, 0.2) is 175 Å². The summed E-state index contributed by atoms with van der Waals surface area (Å²) in [5.74, 6) is 8.81. The Bertz CT molecular complexity index is 5420. The second-order valence-electron chi connectivity index (χ2n) is 39.8. The summed E-state index contributed by atoms with van der Waals surface area (Å²) in [4.78, 5) is 26.4. The maximum absolute atomic E-state index is 13.5. The van der Waals surface area contributed by atoms with E-state index < -0.39 is 65.1 Å². The van der Waals surface area contributed by atoms with Crippen LogP contribution in [0.3, 0.4) is 0 Å². The zero-order valence-electron chi connectivity index (χ0n) is 76.4. The standard InChI is InChI=1S/C21H32N2O3S.C17H26N2O2S.C16H24N2OS.C14H20N2O2S.C13H18N2O3S.C12H15ClN2O2S/c1-20(2,3)15-8-10-18(11-9-15)27(7,25)23-14-16-12-17(23)13-22(16)19(24)26-21(4,5)6;1-5-17(2,3)13-6-8-16(9-7-13)22(20,21)19-12-14-10-15(19)11-18(14)4;1-16(2,3)12-5-7-15(8-6-12)20(4,19)18-11-13-9-14(18)10-17-13;1-3-11-4-6-14(7-5-11)19(17,18)16-10-12-8-13(16)9-15(12)2;1-14-8-11-7-10(14)9-15(11)19(16,17)13-5-3-12(18-2)4-6-13;1-14-7-11-6-10(14)8-15(11)18(16,17)12-4-2-9(13)3-5-12/h8-11,16-17H,7,12-14H2,1-6H3;6-9,14-15H,5,10-12H2,1-4H3;5-8,13-14,17H,4,9-11H2,1-3H3;4-7,12-13H,3,8-10H2,1-2H3;3-6,10-11H,7-9H2,1-2H3;2-5,10-11H,6-8H2,1H3/t16-,17-,27?;14-,15-;13-,14-,20?;12-,13-;2*10-,11-/m000000/s1. The largest absolute Gasteiger partial charge is 0.497 e. The molecule has 6 aromatic rings. The van der Waals surface area contributed by atoms with Crippen molar-refractivity contribution >= 4 is 88.9 Å². The average Bonchev–Trinajstić information content (AvgIpc) is 1.59. The first-order valence-corrected chi connectivity index (χ1v) is 53.6. The summed E-state index contributed by atoms with van der Waals surface area (Å²) in [7, 11) is -8.46. The lowest BCUT2D eigenvalue weighted by Gasteiger charge is -2.36. The van der Waals surface area contributed by atoms with E-state index in [1.165, 1.54) is 22.3 Å². The van der Waals surface area contributed by atoms with Gasteiger partial charge in [-0.05, 0) is 248 Å². The molecule has 2 unspecified atom stereocenters. The summed E-state index contributed by atoms with van der Waals surface area (Å²) in [6, 6.07) is 47.0. The van der Waals surface area contributed by atoms with Crippen molar-refractivity contribution in [2.24, 2.45) is 0 Å². The number of nitrogens with zero attached hydrogens (tertiary/aromatic N) is 11. The van der Waals surface area contributed by atoms with Crippen LogP contribution < -0.4 is 10.1 Å². The highest BCUT2D eigenvalue weighted by Gasteiger charge is 2.53. The summed E-state index contributed by atoms with van der Waals surface area (Å²) < 4.78 is 149. The molecule has 14 atom stereocenters. The summed E-state index contributed by atoms with van der Waals surface area (Å²) >= 11 is 5.79. The fourth-order valence-electron chi connectivity index (χ4n) is 19.6. The average molecular weight is 1860 g/mol. The van der Waals surface area contributed by atoms with Crippen molar-refractivity contribution in [3.05, 3.63) is 173 Å². The summed E-state index contributed by atoms with van der Waals surface area (Å²) in [5.41, 5.74) is 4.59. The van der Waals surface area contributed by atoms with Gasteiger partial charge in [-0.3, -0.25) is 0 Å². The van der Waals surface area contributed by atoms with Crippen molar-refractivity contribution in [1.29, 1.82) is 0 Å². The van der Waals surface area contributed by atoms with Crippen LogP contribution >= 0.6 is 11.6 Å². The Morgan fingerprint density at radius 1 is 0.384 bits per heavy atom. The lowest BCUT2D eigenvalue weighted by Crippen LogP contribution is -2.51. The molecule has 0 saturated carbocycles. The van der Waals surface area contributed by atoms with Gasteiger partial charge in [0, 0.05) is 160 Å². The molecule has 0 spiro atoms. The highest BCUT2D eigenvalue weighted by molar-refractivity contribution is 7.98. The van der Waals surface area contributed by atoms with E-state index in [-0.39, 0.29) is 58.6 Å². The van der Waals surface area contributed by atoms with E-state index >= 15 is 0 Å². The summed E-state index contributed by atoms with van der Waals surface area (Å²) in [6.45, 7) is 36.0. The van der Waals surface area contributed by atoms with Crippen LogP contribution in [0.1, 0.15) is 157 Å². The molecule has 12 saturated heterocycles. The van der Waals surface area contributed by atoms with Crippen LogP contribution in [-0.2, 0) is 86.9 Å². The highest BCUT2D eigenvalue weighted by atomic mass is 35.5. The van der Waals surface area contributed by atoms with Crippen LogP contribution in [-0.4, -0.2) is 302 Å². The number of halogens is 1. The molecule has 688 valence electrons. The number of sulfonamides is 4. The molecule has 1 amide bonds.